The molecule has 0 saturated heterocycles. The van der Waals surface area contributed by atoms with Gasteiger partial charge in [-0.15, -0.1) is 0 Å². The summed E-state index contributed by atoms with van der Waals surface area (Å²) in [6.45, 7) is 0. The van der Waals surface area contributed by atoms with E-state index in [0.717, 1.165) is 0 Å². The number of ether oxygens (including phenoxy) is 2. The van der Waals surface area contributed by atoms with E-state index in [9.17, 15) is 14.4 Å². The molecule has 0 bridgehead atoms. The third-order valence-corrected chi connectivity index (χ3v) is 0.341. The van der Waals surface area contributed by atoms with E-state index in [4.69, 9.17) is 10.2 Å². The van der Waals surface area contributed by atoms with Crippen LogP contribution in [0.15, 0.2) is 0 Å². The number of hydrogen-bond acceptors (Lipinski definition) is 5. The van der Waals surface area contributed by atoms with Crippen molar-refractivity contribution in [1.82, 2.24) is 0 Å². The Balaban J connectivity index is -0.0000000675. The van der Waals surface area contributed by atoms with Gasteiger partial charge in [0.1, 0.15) is 0 Å². The predicted molar refractivity (Wildman–Crippen MR) is 55.0 cm³/mol. The summed E-state index contributed by atoms with van der Waals surface area (Å²) >= 11 is 0. The Kier molecular flexibility index (Phi) is 45.1. The molecule has 0 aromatic heterocycles. The molecule has 0 heterocycles. The van der Waals surface area contributed by atoms with Crippen LogP contribution < -0.4 is 0 Å². The molecule has 0 aliphatic heterocycles. The summed E-state index contributed by atoms with van der Waals surface area (Å²) in [6, 6.07) is 0. The van der Waals surface area contributed by atoms with Gasteiger partial charge in [0.2, 0.25) is 0 Å². The molecular weight excluding hydrogens is 494 g/mol. The molecule has 0 atom stereocenters. The van der Waals surface area contributed by atoms with Crippen LogP contribution in [0.25, 0.3) is 0 Å². The Morgan fingerprint density at radius 2 is 1.00 bits per heavy atom. The van der Waals surface area contributed by atoms with Gasteiger partial charge in [-0.2, -0.15) is 0 Å². The number of carboxylic acid groups (broad SMARTS) is 2. The summed E-state index contributed by atoms with van der Waals surface area (Å²) in [5.41, 5.74) is 0. The normalized spacial score (nSPS) is 5.71. The first kappa shape index (κ1) is 31.3. The van der Waals surface area contributed by atoms with Crippen LogP contribution >= 0.6 is 0 Å². The van der Waals surface area contributed by atoms with Crippen LogP contribution in [0, 0.1) is 0 Å². The molecular formula is C3H8Ca2Cs2O7. The molecule has 68 valence electrons. The second kappa shape index (κ2) is 20.2. The third-order valence-electron chi connectivity index (χ3n) is 0.341. The fraction of sp³-hybridized carbons (Fsp3) is 0. The van der Waals surface area contributed by atoms with Crippen molar-refractivity contribution in [2.75, 3.05) is 0 Å². The van der Waals surface area contributed by atoms with Crippen LogP contribution in [0.1, 0.15) is 0 Å². The predicted octanol–water partition coefficient (Wildman–Crippen LogP) is -2.63. The molecule has 0 aromatic carbocycles. The molecule has 2 N–H and O–H groups in total. The molecule has 0 aliphatic carbocycles. The summed E-state index contributed by atoms with van der Waals surface area (Å²) in [4.78, 5) is 28.8. The Labute approximate surface area is 257 Å². The average molecular weight is 502 g/mol. The Bertz CT molecular complexity index is 168. The maximum absolute atomic E-state index is 9.86. The van der Waals surface area contributed by atoms with Gasteiger partial charge in [-0.1, -0.05) is 0 Å². The van der Waals surface area contributed by atoms with Gasteiger partial charge >= 0.3 is 232 Å². The fourth-order valence-corrected chi connectivity index (χ4v) is 0.163. The van der Waals surface area contributed by atoms with Crippen LogP contribution in [0.3, 0.4) is 0 Å². The third kappa shape index (κ3) is 25.6. The Hall–Kier alpha value is 4.83. The van der Waals surface area contributed by atoms with Crippen LogP contribution in [0.2, 0.25) is 0 Å². The van der Waals surface area contributed by atoms with Crippen LogP contribution in [-0.2, 0) is 9.47 Å². The van der Waals surface area contributed by atoms with E-state index in [1.807, 2.05) is 0 Å². The molecule has 14 heavy (non-hydrogen) atoms. The summed E-state index contributed by atoms with van der Waals surface area (Å²) in [5, 5.41) is 15.4. The molecule has 0 saturated carbocycles. The molecule has 0 spiro atoms. The van der Waals surface area contributed by atoms with Crippen molar-refractivity contribution >= 4 is 232 Å². The van der Waals surface area contributed by atoms with Crippen molar-refractivity contribution in [3.63, 3.8) is 0 Å². The Morgan fingerprint density at radius 1 is 0.786 bits per heavy atom. The molecule has 0 aromatic rings. The zero-order valence-corrected chi connectivity index (χ0v) is 4.44. The summed E-state index contributed by atoms with van der Waals surface area (Å²) in [5.74, 6) is 0. The zero-order chi connectivity index (χ0) is 8.15. The van der Waals surface area contributed by atoms with Gasteiger partial charge in [-0.3, -0.25) is 0 Å². The van der Waals surface area contributed by atoms with Gasteiger partial charge in [0.05, 0.1) is 0 Å². The SMILES string of the molecule is O=C(O)OC(=O)OC(=O)O.[CaH2].[CaH2].[CsH].[CsH]. The maximum atomic E-state index is 9.86. The standard InChI is InChI=1S/C3H2O7.2Ca.2Cs.6H/c4-1(5)9-3(8)10-2(6)7;;;;;;;;;;/h(H,4,5)(H,6,7);;;;;;;;;;. The number of carbonyl (C=O) groups is 3. The minimum atomic E-state index is -1.92. The summed E-state index contributed by atoms with van der Waals surface area (Å²) in [7, 11) is 0. The first-order valence-electron chi connectivity index (χ1n) is 1.88. The van der Waals surface area contributed by atoms with Crippen molar-refractivity contribution in [3.05, 3.63) is 0 Å². The van der Waals surface area contributed by atoms with Crippen molar-refractivity contribution < 1.29 is 34.1 Å². The van der Waals surface area contributed by atoms with E-state index in [1.54, 1.807) is 0 Å². The van der Waals surface area contributed by atoms with Gasteiger partial charge in [0, 0.05) is 0 Å². The fourth-order valence-electron chi connectivity index (χ4n) is 0.163. The van der Waals surface area contributed by atoms with E-state index in [2.05, 4.69) is 9.47 Å². The topological polar surface area (TPSA) is 110 Å². The van der Waals surface area contributed by atoms with Crippen LogP contribution in [0.5, 0.6) is 0 Å². The minimum absolute atomic E-state index is 0. The van der Waals surface area contributed by atoms with Crippen molar-refractivity contribution in [2.45, 2.75) is 0 Å². The molecule has 0 rings (SSSR count). The van der Waals surface area contributed by atoms with Crippen LogP contribution in [0.4, 0.5) is 14.4 Å². The molecule has 0 amide bonds. The summed E-state index contributed by atoms with van der Waals surface area (Å²) in [6.07, 6.45) is -5.64. The molecule has 0 fully saturated rings. The van der Waals surface area contributed by atoms with Gasteiger partial charge in [-0.05, 0) is 0 Å². The quantitative estimate of drug-likeness (QED) is 0.212. The molecule has 0 unspecified atom stereocenters. The number of hydrogen-bond donors (Lipinski definition) is 2. The van der Waals surface area contributed by atoms with E-state index in [1.165, 1.54) is 0 Å². The van der Waals surface area contributed by atoms with Crippen LogP contribution in [-0.4, -0.2) is 242 Å². The number of rotatable bonds is 0. The van der Waals surface area contributed by atoms with Gasteiger partial charge < -0.3 is 19.7 Å². The second-order valence-corrected chi connectivity index (χ2v) is 0.986. The van der Waals surface area contributed by atoms with E-state index in [0.29, 0.717) is 0 Å². The number of carbonyl (C=O) groups excluding carboxylic acids is 1. The first-order chi connectivity index (χ1) is 4.52. The van der Waals surface area contributed by atoms with E-state index >= 15 is 0 Å². The van der Waals surface area contributed by atoms with Gasteiger partial charge in [0.25, 0.3) is 0 Å². The molecule has 11 heteroatoms. The second-order valence-electron chi connectivity index (χ2n) is 0.986. The van der Waals surface area contributed by atoms with Gasteiger partial charge in [-0.25, -0.2) is 14.4 Å². The van der Waals surface area contributed by atoms with Crippen molar-refractivity contribution in [1.29, 1.82) is 0 Å². The van der Waals surface area contributed by atoms with E-state index in [-0.39, 0.29) is 213 Å². The average Bonchev–Trinajstić information content (AvgIpc) is 1.58. The summed E-state index contributed by atoms with van der Waals surface area (Å²) < 4.78 is 6.47. The Morgan fingerprint density at radius 3 is 1.14 bits per heavy atom. The monoisotopic (exact) mass is 502 g/mol. The van der Waals surface area contributed by atoms with Crippen molar-refractivity contribution in [2.24, 2.45) is 0 Å². The van der Waals surface area contributed by atoms with Crippen molar-refractivity contribution in [3.8, 4) is 0 Å². The molecule has 7 nitrogen and oxygen atoms in total. The van der Waals surface area contributed by atoms with Gasteiger partial charge in [0.15, 0.2) is 0 Å². The first-order valence-corrected chi connectivity index (χ1v) is 1.88. The molecule has 0 radical (unpaired) electrons. The molecule has 0 aliphatic rings. The zero-order valence-electron chi connectivity index (χ0n) is 4.44. The van der Waals surface area contributed by atoms with E-state index < -0.39 is 18.5 Å².